The van der Waals surface area contributed by atoms with Crippen molar-refractivity contribution in [1.82, 2.24) is 19.7 Å². The summed E-state index contributed by atoms with van der Waals surface area (Å²) in [5.74, 6) is 2.47. The van der Waals surface area contributed by atoms with E-state index in [-0.39, 0.29) is 17.7 Å². The number of carbonyl (C=O) groups excluding carboxylic acids is 1. The highest BCUT2D eigenvalue weighted by Crippen LogP contribution is 2.26. The first-order chi connectivity index (χ1) is 17.1. The number of carbonyl (C=O) groups is 1. The Morgan fingerprint density at radius 2 is 1.86 bits per heavy atom. The van der Waals surface area contributed by atoms with Gasteiger partial charge in [-0.3, -0.25) is 9.36 Å². The summed E-state index contributed by atoms with van der Waals surface area (Å²) < 4.78 is 13.0. The van der Waals surface area contributed by atoms with Gasteiger partial charge in [0.1, 0.15) is 5.75 Å². The first-order valence-electron chi connectivity index (χ1n) is 11.7. The first kappa shape index (κ1) is 24.6. The van der Waals surface area contributed by atoms with Crippen molar-refractivity contribution >= 4 is 17.7 Å². The number of ether oxygens (including phenoxy) is 1. The summed E-state index contributed by atoms with van der Waals surface area (Å²) in [6.07, 6.45) is 2.31. The van der Waals surface area contributed by atoms with Gasteiger partial charge in [0.05, 0.1) is 19.1 Å². The predicted molar refractivity (Wildman–Crippen MR) is 137 cm³/mol. The van der Waals surface area contributed by atoms with Crippen LogP contribution in [0.3, 0.4) is 0 Å². The molecule has 1 atom stereocenters. The van der Waals surface area contributed by atoms with Gasteiger partial charge in [0.25, 0.3) is 0 Å². The lowest BCUT2D eigenvalue weighted by Crippen LogP contribution is -2.40. The molecule has 0 aliphatic carbocycles. The average Bonchev–Trinajstić information content (AvgIpc) is 3.56. The molecule has 2 heterocycles. The summed E-state index contributed by atoms with van der Waals surface area (Å²) >= 11 is 1.40. The third kappa shape index (κ3) is 5.95. The maximum absolute atomic E-state index is 13.5. The summed E-state index contributed by atoms with van der Waals surface area (Å²) in [6.45, 7) is 5.33. The SMILES string of the molecule is CCn1c(SCC(=O)N(Cc2ccccc2)C(C)Cc2ccccc2OC)nnc1-c1ccco1. The van der Waals surface area contributed by atoms with Crippen molar-refractivity contribution in [2.45, 2.75) is 44.6 Å². The van der Waals surface area contributed by atoms with Gasteiger partial charge in [0.15, 0.2) is 16.7 Å². The summed E-state index contributed by atoms with van der Waals surface area (Å²) in [5, 5.41) is 9.31. The van der Waals surface area contributed by atoms with Crippen LogP contribution in [0, 0.1) is 0 Å². The first-order valence-corrected chi connectivity index (χ1v) is 12.6. The highest BCUT2D eigenvalue weighted by Gasteiger charge is 2.23. The molecule has 35 heavy (non-hydrogen) atoms. The van der Waals surface area contributed by atoms with Crippen LogP contribution in [0.5, 0.6) is 5.75 Å². The number of amides is 1. The van der Waals surface area contributed by atoms with Crippen LogP contribution in [0.25, 0.3) is 11.6 Å². The standard InChI is InChI=1S/C27H30N4O3S/c1-4-30-26(24-15-10-16-34-24)28-29-27(30)35-19-25(32)31(18-21-11-6-5-7-12-21)20(2)17-22-13-8-9-14-23(22)33-3/h5-16,20H,4,17-19H2,1-3H3. The van der Waals surface area contributed by atoms with Crippen LogP contribution in [0.15, 0.2) is 82.6 Å². The highest BCUT2D eigenvalue weighted by atomic mass is 32.2. The van der Waals surface area contributed by atoms with Gasteiger partial charge in [-0.05, 0) is 49.6 Å². The van der Waals surface area contributed by atoms with Gasteiger partial charge >= 0.3 is 0 Å². The molecule has 0 saturated carbocycles. The smallest absolute Gasteiger partial charge is 0.233 e. The number of para-hydroxylation sites is 1. The molecule has 0 fully saturated rings. The molecule has 4 aromatic rings. The second kappa shape index (κ2) is 11.8. The molecule has 0 spiro atoms. The molecule has 7 nitrogen and oxygen atoms in total. The highest BCUT2D eigenvalue weighted by molar-refractivity contribution is 7.99. The van der Waals surface area contributed by atoms with E-state index < -0.39 is 0 Å². The van der Waals surface area contributed by atoms with Crippen LogP contribution in [0.1, 0.15) is 25.0 Å². The Bertz CT molecular complexity index is 1220. The summed E-state index contributed by atoms with van der Waals surface area (Å²) in [7, 11) is 1.67. The van der Waals surface area contributed by atoms with Crippen molar-refractivity contribution in [2.24, 2.45) is 0 Å². The molecule has 0 radical (unpaired) electrons. The van der Waals surface area contributed by atoms with E-state index in [1.807, 2.05) is 77.1 Å². The van der Waals surface area contributed by atoms with Crippen molar-refractivity contribution in [3.63, 3.8) is 0 Å². The fraction of sp³-hybridized carbons (Fsp3) is 0.296. The third-order valence-electron chi connectivity index (χ3n) is 5.86. The molecule has 0 aliphatic rings. The maximum atomic E-state index is 13.5. The lowest BCUT2D eigenvalue weighted by Gasteiger charge is -2.30. The number of furan rings is 1. The van der Waals surface area contributed by atoms with E-state index in [0.717, 1.165) is 16.9 Å². The summed E-state index contributed by atoms with van der Waals surface area (Å²) in [6, 6.07) is 21.7. The van der Waals surface area contributed by atoms with E-state index in [9.17, 15) is 4.79 Å². The lowest BCUT2D eigenvalue weighted by molar-refractivity contribution is -0.131. The van der Waals surface area contributed by atoms with E-state index in [0.29, 0.717) is 36.3 Å². The Hall–Kier alpha value is -3.52. The molecular formula is C27H30N4O3S. The van der Waals surface area contributed by atoms with Crippen molar-refractivity contribution in [3.8, 4) is 17.3 Å². The van der Waals surface area contributed by atoms with E-state index in [2.05, 4.69) is 23.2 Å². The number of benzene rings is 2. The van der Waals surface area contributed by atoms with Crippen molar-refractivity contribution in [1.29, 1.82) is 0 Å². The van der Waals surface area contributed by atoms with Crippen molar-refractivity contribution in [3.05, 3.63) is 84.1 Å². The zero-order chi connectivity index (χ0) is 24.6. The minimum Gasteiger partial charge on any atom is -0.496 e. The van der Waals surface area contributed by atoms with Crippen LogP contribution in [0.4, 0.5) is 0 Å². The van der Waals surface area contributed by atoms with Crippen molar-refractivity contribution in [2.75, 3.05) is 12.9 Å². The second-order valence-corrected chi connectivity index (χ2v) is 9.13. The predicted octanol–water partition coefficient (Wildman–Crippen LogP) is 5.32. The topological polar surface area (TPSA) is 73.4 Å². The number of rotatable bonds is 11. The minimum atomic E-state index is -0.0256. The van der Waals surface area contributed by atoms with Gasteiger partial charge in [-0.2, -0.15) is 0 Å². The largest absolute Gasteiger partial charge is 0.496 e. The van der Waals surface area contributed by atoms with E-state index in [1.165, 1.54) is 11.8 Å². The van der Waals surface area contributed by atoms with Gasteiger partial charge in [0, 0.05) is 19.1 Å². The van der Waals surface area contributed by atoms with Crippen LogP contribution in [-0.2, 0) is 24.3 Å². The average molecular weight is 491 g/mol. The number of thioether (sulfide) groups is 1. The Kier molecular flexibility index (Phi) is 8.26. The van der Waals surface area contributed by atoms with E-state index in [4.69, 9.17) is 9.15 Å². The lowest BCUT2D eigenvalue weighted by atomic mass is 10.0. The number of hydrogen-bond donors (Lipinski definition) is 0. The van der Waals surface area contributed by atoms with Crippen molar-refractivity contribution < 1.29 is 13.9 Å². The van der Waals surface area contributed by atoms with E-state index >= 15 is 0 Å². The molecule has 0 bridgehead atoms. The van der Waals surface area contributed by atoms with Crippen LogP contribution in [0.2, 0.25) is 0 Å². The second-order valence-electron chi connectivity index (χ2n) is 8.19. The zero-order valence-corrected chi connectivity index (χ0v) is 21.1. The number of nitrogens with zero attached hydrogens (tertiary/aromatic N) is 4. The van der Waals surface area contributed by atoms with Gasteiger partial charge in [-0.25, -0.2) is 0 Å². The molecule has 2 aromatic carbocycles. The Morgan fingerprint density at radius 1 is 1.09 bits per heavy atom. The van der Waals surface area contributed by atoms with Gasteiger partial charge in [0.2, 0.25) is 5.91 Å². The number of hydrogen-bond acceptors (Lipinski definition) is 6. The van der Waals surface area contributed by atoms with Gasteiger partial charge in [-0.15, -0.1) is 10.2 Å². The third-order valence-corrected chi connectivity index (χ3v) is 6.81. The Morgan fingerprint density at radius 3 is 2.57 bits per heavy atom. The molecule has 8 heteroatoms. The monoisotopic (exact) mass is 490 g/mol. The fourth-order valence-electron chi connectivity index (χ4n) is 4.05. The number of methoxy groups -OCH3 is 1. The Balaban J connectivity index is 1.51. The van der Waals surface area contributed by atoms with E-state index in [1.54, 1.807) is 13.4 Å². The molecule has 0 saturated heterocycles. The fourth-order valence-corrected chi connectivity index (χ4v) is 4.94. The van der Waals surface area contributed by atoms with Crippen LogP contribution in [-0.4, -0.2) is 44.5 Å². The zero-order valence-electron chi connectivity index (χ0n) is 20.3. The van der Waals surface area contributed by atoms with Gasteiger partial charge in [-0.1, -0.05) is 60.3 Å². The Labute approximate surface area is 210 Å². The molecule has 4 rings (SSSR count). The quantitative estimate of drug-likeness (QED) is 0.265. The van der Waals surface area contributed by atoms with Crippen LogP contribution >= 0.6 is 11.8 Å². The normalized spacial score (nSPS) is 11.9. The van der Waals surface area contributed by atoms with Crippen LogP contribution < -0.4 is 4.74 Å². The molecule has 182 valence electrons. The molecular weight excluding hydrogens is 460 g/mol. The molecule has 1 unspecified atom stereocenters. The molecule has 0 N–H and O–H groups in total. The minimum absolute atomic E-state index is 0.0256. The number of aromatic nitrogens is 3. The van der Waals surface area contributed by atoms with Gasteiger partial charge < -0.3 is 14.1 Å². The molecule has 0 aliphatic heterocycles. The molecule has 1 amide bonds. The maximum Gasteiger partial charge on any atom is 0.233 e. The summed E-state index contributed by atoms with van der Waals surface area (Å²) in [4.78, 5) is 15.5. The summed E-state index contributed by atoms with van der Waals surface area (Å²) in [5.41, 5.74) is 2.17. The molecule has 2 aromatic heterocycles.